The Labute approximate surface area is 96.5 Å². The SMILES string of the molecule is CC(=O)N[C@@H](CSc1cccnn1)C(=O)O. The van der Waals surface area contributed by atoms with Crippen LogP contribution in [0.1, 0.15) is 6.92 Å². The lowest BCUT2D eigenvalue weighted by atomic mass is 10.3. The van der Waals surface area contributed by atoms with Gasteiger partial charge in [-0.3, -0.25) is 4.79 Å². The molecule has 0 aliphatic rings. The first-order valence-electron chi connectivity index (χ1n) is 4.50. The van der Waals surface area contributed by atoms with Gasteiger partial charge < -0.3 is 10.4 Å². The molecule has 0 aliphatic carbocycles. The van der Waals surface area contributed by atoms with Gasteiger partial charge in [0.1, 0.15) is 11.1 Å². The summed E-state index contributed by atoms with van der Waals surface area (Å²) in [5.41, 5.74) is 0. The van der Waals surface area contributed by atoms with Gasteiger partial charge in [-0.25, -0.2) is 4.79 Å². The summed E-state index contributed by atoms with van der Waals surface area (Å²) < 4.78 is 0. The summed E-state index contributed by atoms with van der Waals surface area (Å²) in [6.07, 6.45) is 1.53. The molecule has 0 radical (unpaired) electrons. The molecule has 1 atom stereocenters. The number of carbonyl (C=O) groups is 2. The molecule has 1 amide bonds. The van der Waals surface area contributed by atoms with Crippen LogP contribution < -0.4 is 5.32 Å². The van der Waals surface area contributed by atoms with Crippen LogP contribution in [0, 0.1) is 0 Å². The van der Waals surface area contributed by atoms with E-state index in [0.29, 0.717) is 5.03 Å². The molecule has 0 fully saturated rings. The lowest BCUT2D eigenvalue weighted by Crippen LogP contribution is -2.41. The first-order valence-corrected chi connectivity index (χ1v) is 5.48. The molecule has 86 valence electrons. The van der Waals surface area contributed by atoms with E-state index in [1.165, 1.54) is 24.9 Å². The number of carboxylic acid groups (broad SMARTS) is 1. The van der Waals surface area contributed by atoms with Crippen LogP contribution in [0.4, 0.5) is 0 Å². The van der Waals surface area contributed by atoms with Crippen LogP contribution in [0.25, 0.3) is 0 Å². The summed E-state index contributed by atoms with van der Waals surface area (Å²) >= 11 is 1.23. The number of rotatable bonds is 5. The quantitative estimate of drug-likeness (QED) is 0.713. The number of carboxylic acids is 1. The van der Waals surface area contributed by atoms with Gasteiger partial charge in [0.25, 0.3) is 0 Å². The van der Waals surface area contributed by atoms with E-state index in [1.807, 2.05) is 0 Å². The molecule has 0 saturated heterocycles. The highest BCUT2D eigenvalue weighted by molar-refractivity contribution is 7.99. The summed E-state index contributed by atoms with van der Waals surface area (Å²) in [5, 5.41) is 19.3. The second-order valence-corrected chi connectivity index (χ2v) is 4.00. The molecule has 1 rings (SSSR count). The van der Waals surface area contributed by atoms with Gasteiger partial charge >= 0.3 is 5.97 Å². The number of thioether (sulfide) groups is 1. The Morgan fingerprint density at radius 3 is 2.88 bits per heavy atom. The molecular formula is C9H11N3O3S. The number of amides is 1. The topological polar surface area (TPSA) is 92.2 Å². The predicted octanol–water partition coefficient (Wildman–Crippen LogP) is 0.158. The zero-order valence-electron chi connectivity index (χ0n) is 8.58. The normalized spacial score (nSPS) is 11.8. The minimum atomic E-state index is -1.06. The lowest BCUT2D eigenvalue weighted by molar-refractivity contribution is -0.140. The number of carbonyl (C=O) groups excluding carboxylic acids is 1. The van der Waals surface area contributed by atoms with Crippen molar-refractivity contribution in [3.8, 4) is 0 Å². The molecule has 0 aliphatic heterocycles. The second kappa shape index (κ2) is 6.06. The van der Waals surface area contributed by atoms with Gasteiger partial charge in [0.15, 0.2) is 0 Å². The van der Waals surface area contributed by atoms with Gasteiger partial charge in [0.2, 0.25) is 5.91 Å². The molecule has 0 saturated carbocycles. The van der Waals surface area contributed by atoms with E-state index < -0.39 is 12.0 Å². The maximum atomic E-state index is 10.8. The molecule has 0 aromatic carbocycles. The highest BCUT2D eigenvalue weighted by Gasteiger charge is 2.18. The molecule has 1 aromatic rings. The summed E-state index contributed by atoms with van der Waals surface area (Å²) in [6.45, 7) is 1.28. The lowest BCUT2D eigenvalue weighted by Gasteiger charge is -2.11. The van der Waals surface area contributed by atoms with Crippen LogP contribution in [-0.2, 0) is 9.59 Å². The van der Waals surface area contributed by atoms with Crippen molar-refractivity contribution in [3.05, 3.63) is 18.3 Å². The third-order valence-corrected chi connectivity index (χ3v) is 2.63. The van der Waals surface area contributed by atoms with Crippen molar-refractivity contribution in [2.24, 2.45) is 0 Å². The Kier molecular flexibility index (Phi) is 4.71. The van der Waals surface area contributed by atoms with Crippen molar-refractivity contribution < 1.29 is 14.7 Å². The fourth-order valence-corrected chi connectivity index (χ4v) is 1.80. The summed E-state index contributed by atoms with van der Waals surface area (Å²) in [6, 6.07) is 2.53. The van der Waals surface area contributed by atoms with Crippen molar-refractivity contribution in [3.63, 3.8) is 0 Å². The smallest absolute Gasteiger partial charge is 0.327 e. The molecular weight excluding hydrogens is 230 g/mol. The number of aromatic nitrogens is 2. The highest BCUT2D eigenvalue weighted by Crippen LogP contribution is 2.14. The van der Waals surface area contributed by atoms with Crippen molar-refractivity contribution in [2.75, 3.05) is 5.75 Å². The third-order valence-electron chi connectivity index (χ3n) is 1.62. The average molecular weight is 241 g/mol. The Morgan fingerprint density at radius 2 is 2.38 bits per heavy atom. The molecule has 6 nitrogen and oxygen atoms in total. The van der Waals surface area contributed by atoms with Gasteiger partial charge in [-0.2, -0.15) is 5.10 Å². The zero-order chi connectivity index (χ0) is 12.0. The first-order chi connectivity index (χ1) is 7.59. The van der Waals surface area contributed by atoms with Gasteiger partial charge in [-0.1, -0.05) is 0 Å². The molecule has 1 aromatic heterocycles. The van der Waals surface area contributed by atoms with Crippen molar-refractivity contribution in [1.82, 2.24) is 15.5 Å². The van der Waals surface area contributed by atoms with Crippen LogP contribution in [0.15, 0.2) is 23.4 Å². The van der Waals surface area contributed by atoms with E-state index in [0.717, 1.165) is 0 Å². The monoisotopic (exact) mass is 241 g/mol. The molecule has 2 N–H and O–H groups in total. The molecule has 16 heavy (non-hydrogen) atoms. The van der Waals surface area contributed by atoms with E-state index in [9.17, 15) is 9.59 Å². The largest absolute Gasteiger partial charge is 0.480 e. The molecule has 0 spiro atoms. The minimum Gasteiger partial charge on any atom is -0.480 e. The van der Waals surface area contributed by atoms with E-state index >= 15 is 0 Å². The highest BCUT2D eigenvalue weighted by atomic mass is 32.2. The number of nitrogens with zero attached hydrogens (tertiary/aromatic N) is 2. The van der Waals surface area contributed by atoms with Crippen LogP contribution in [0.3, 0.4) is 0 Å². The molecule has 7 heteroatoms. The first kappa shape index (κ1) is 12.4. The molecule has 0 bridgehead atoms. The van der Waals surface area contributed by atoms with Crippen LogP contribution in [-0.4, -0.2) is 39.0 Å². The van der Waals surface area contributed by atoms with Crippen LogP contribution in [0.5, 0.6) is 0 Å². The molecule has 0 unspecified atom stereocenters. The Bertz CT molecular complexity index is 372. The van der Waals surface area contributed by atoms with Crippen molar-refractivity contribution in [1.29, 1.82) is 0 Å². The van der Waals surface area contributed by atoms with Gasteiger partial charge in [-0.05, 0) is 12.1 Å². The zero-order valence-corrected chi connectivity index (χ0v) is 9.40. The fourth-order valence-electron chi connectivity index (χ4n) is 0.953. The van der Waals surface area contributed by atoms with E-state index in [2.05, 4.69) is 15.5 Å². The third kappa shape index (κ3) is 4.26. The predicted molar refractivity (Wildman–Crippen MR) is 58.0 cm³/mol. The van der Waals surface area contributed by atoms with Gasteiger partial charge in [0.05, 0.1) is 0 Å². The van der Waals surface area contributed by atoms with Gasteiger partial charge in [0, 0.05) is 18.9 Å². The Morgan fingerprint density at radius 1 is 1.62 bits per heavy atom. The average Bonchev–Trinajstić information content (AvgIpc) is 2.25. The number of aliphatic carboxylic acids is 1. The van der Waals surface area contributed by atoms with Crippen molar-refractivity contribution in [2.45, 2.75) is 18.0 Å². The molecule has 1 heterocycles. The van der Waals surface area contributed by atoms with Crippen LogP contribution >= 0.6 is 11.8 Å². The van der Waals surface area contributed by atoms with Gasteiger partial charge in [-0.15, -0.1) is 16.9 Å². The maximum absolute atomic E-state index is 10.8. The second-order valence-electron chi connectivity index (χ2n) is 2.96. The van der Waals surface area contributed by atoms with Crippen LogP contribution in [0.2, 0.25) is 0 Å². The van der Waals surface area contributed by atoms with Crippen molar-refractivity contribution >= 4 is 23.6 Å². The Hall–Kier alpha value is -1.63. The maximum Gasteiger partial charge on any atom is 0.327 e. The Balaban J connectivity index is 2.50. The number of hydrogen-bond donors (Lipinski definition) is 2. The van der Waals surface area contributed by atoms with E-state index in [1.54, 1.807) is 12.1 Å². The summed E-state index contributed by atoms with van der Waals surface area (Å²) in [5.74, 6) is -1.22. The standard InChI is InChI=1S/C9H11N3O3S/c1-6(13)11-7(9(14)15)5-16-8-3-2-4-10-12-8/h2-4,7H,5H2,1H3,(H,11,13)(H,14,15)/t7-/m0/s1. The van der Waals surface area contributed by atoms with E-state index in [4.69, 9.17) is 5.11 Å². The minimum absolute atomic E-state index is 0.216. The van der Waals surface area contributed by atoms with E-state index in [-0.39, 0.29) is 11.7 Å². The number of nitrogens with one attached hydrogen (secondary N) is 1. The summed E-state index contributed by atoms with van der Waals surface area (Å²) in [7, 11) is 0. The fraction of sp³-hybridized carbons (Fsp3) is 0.333. The number of hydrogen-bond acceptors (Lipinski definition) is 5. The summed E-state index contributed by atoms with van der Waals surface area (Å²) in [4.78, 5) is 21.6.